The number of nitrogen functional groups attached to an aromatic ring is 1. The normalized spacial score (nSPS) is 9.95. The molecular weight excluding hydrogens is 311 g/mol. The summed E-state index contributed by atoms with van der Waals surface area (Å²) in [5.74, 6) is 0.0951. The van der Waals surface area contributed by atoms with Gasteiger partial charge in [0, 0.05) is 10.0 Å². The number of nitriles is 1. The van der Waals surface area contributed by atoms with Crippen LogP contribution in [0.15, 0.2) is 40.9 Å². The highest BCUT2D eigenvalue weighted by atomic mass is 79.9. The molecule has 0 bridgehead atoms. The van der Waals surface area contributed by atoms with Gasteiger partial charge in [0.25, 0.3) is 0 Å². The summed E-state index contributed by atoms with van der Waals surface area (Å²) in [5.41, 5.74) is 7.14. The van der Waals surface area contributed by atoms with Gasteiger partial charge in [0.2, 0.25) is 0 Å². The number of rotatable bonds is 3. The third-order valence-electron chi connectivity index (χ3n) is 2.54. The fraction of sp³-hybridized carbons (Fsp3) is 0.0714. The summed E-state index contributed by atoms with van der Waals surface area (Å²) < 4.78 is 19.5. The Morgan fingerprint density at radius 3 is 2.74 bits per heavy atom. The summed E-state index contributed by atoms with van der Waals surface area (Å²) in [7, 11) is 0. The zero-order chi connectivity index (χ0) is 13.8. The number of halogens is 2. The maximum Gasteiger partial charge on any atom is 0.142 e. The van der Waals surface area contributed by atoms with E-state index in [1.165, 1.54) is 18.2 Å². The largest absolute Gasteiger partial charge is 0.487 e. The summed E-state index contributed by atoms with van der Waals surface area (Å²) in [4.78, 5) is 0. The molecule has 0 atom stereocenters. The van der Waals surface area contributed by atoms with Gasteiger partial charge in [-0.2, -0.15) is 5.26 Å². The molecule has 2 aromatic carbocycles. The minimum absolute atomic E-state index is 0.0898. The smallest absolute Gasteiger partial charge is 0.142 e. The van der Waals surface area contributed by atoms with E-state index >= 15 is 0 Å². The van der Waals surface area contributed by atoms with Crippen molar-refractivity contribution in [3.8, 4) is 11.8 Å². The van der Waals surface area contributed by atoms with Gasteiger partial charge >= 0.3 is 0 Å². The third-order valence-corrected chi connectivity index (χ3v) is 3.04. The monoisotopic (exact) mass is 320 g/mol. The molecule has 0 aromatic heterocycles. The molecule has 0 fully saturated rings. The summed E-state index contributed by atoms with van der Waals surface area (Å²) in [6.07, 6.45) is 0. The van der Waals surface area contributed by atoms with Crippen molar-refractivity contribution in [3.63, 3.8) is 0 Å². The van der Waals surface area contributed by atoms with E-state index in [1.54, 1.807) is 18.2 Å². The Morgan fingerprint density at radius 1 is 1.26 bits per heavy atom. The first-order valence-electron chi connectivity index (χ1n) is 5.46. The van der Waals surface area contributed by atoms with Crippen molar-refractivity contribution >= 4 is 21.6 Å². The molecule has 3 nitrogen and oxygen atoms in total. The lowest BCUT2D eigenvalue weighted by molar-refractivity contribution is 0.307. The SMILES string of the molecule is N#Cc1ccc(F)cc1COc1ccc(Br)cc1N. The van der Waals surface area contributed by atoms with Crippen molar-refractivity contribution in [1.82, 2.24) is 0 Å². The predicted octanol–water partition coefficient (Wildman–Crippen LogP) is 3.62. The fourth-order valence-corrected chi connectivity index (χ4v) is 1.98. The number of hydrogen-bond donors (Lipinski definition) is 1. The Kier molecular flexibility index (Phi) is 4.03. The van der Waals surface area contributed by atoms with Crippen LogP contribution in [0, 0.1) is 17.1 Å². The predicted molar refractivity (Wildman–Crippen MR) is 74.0 cm³/mol. The second-order valence-corrected chi connectivity index (χ2v) is 4.80. The van der Waals surface area contributed by atoms with Gasteiger partial charge in [-0.05, 0) is 36.4 Å². The molecule has 0 aliphatic carbocycles. The maximum atomic E-state index is 13.1. The van der Waals surface area contributed by atoms with Gasteiger partial charge < -0.3 is 10.5 Å². The lowest BCUT2D eigenvalue weighted by Crippen LogP contribution is -2.01. The Morgan fingerprint density at radius 2 is 2.05 bits per heavy atom. The Bertz CT molecular complexity index is 652. The first kappa shape index (κ1) is 13.4. The van der Waals surface area contributed by atoms with Crippen molar-refractivity contribution in [1.29, 1.82) is 5.26 Å². The van der Waals surface area contributed by atoms with Crippen molar-refractivity contribution in [2.75, 3.05) is 5.73 Å². The van der Waals surface area contributed by atoms with Gasteiger partial charge in [-0.25, -0.2) is 4.39 Å². The molecule has 0 spiro atoms. The number of nitrogens with zero attached hydrogens (tertiary/aromatic N) is 1. The molecule has 0 heterocycles. The first-order valence-corrected chi connectivity index (χ1v) is 6.26. The van der Waals surface area contributed by atoms with Crippen LogP contribution in [0.25, 0.3) is 0 Å². The number of ether oxygens (including phenoxy) is 1. The van der Waals surface area contributed by atoms with E-state index in [1.807, 2.05) is 6.07 Å². The van der Waals surface area contributed by atoms with Gasteiger partial charge in [0.05, 0.1) is 17.3 Å². The van der Waals surface area contributed by atoms with E-state index in [0.717, 1.165) is 4.47 Å². The van der Waals surface area contributed by atoms with Crippen LogP contribution in [-0.2, 0) is 6.61 Å². The molecule has 0 radical (unpaired) electrons. The average molecular weight is 321 g/mol. The Hall–Kier alpha value is -2.06. The van der Waals surface area contributed by atoms with E-state index in [9.17, 15) is 4.39 Å². The third kappa shape index (κ3) is 3.24. The highest BCUT2D eigenvalue weighted by molar-refractivity contribution is 9.10. The van der Waals surface area contributed by atoms with Gasteiger partial charge in [0.15, 0.2) is 0 Å². The fourth-order valence-electron chi connectivity index (χ4n) is 1.60. The summed E-state index contributed by atoms with van der Waals surface area (Å²) in [5, 5.41) is 8.94. The zero-order valence-corrected chi connectivity index (χ0v) is 11.4. The molecule has 0 unspecified atom stereocenters. The summed E-state index contributed by atoms with van der Waals surface area (Å²) >= 11 is 3.30. The van der Waals surface area contributed by atoms with Crippen molar-refractivity contribution in [3.05, 3.63) is 57.8 Å². The van der Waals surface area contributed by atoms with Crippen LogP contribution in [0.5, 0.6) is 5.75 Å². The molecule has 0 aliphatic heterocycles. The zero-order valence-electron chi connectivity index (χ0n) is 9.86. The quantitative estimate of drug-likeness (QED) is 0.879. The first-order chi connectivity index (χ1) is 9.10. The van der Waals surface area contributed by atoms with Crippen LogP contribution in [0.2, 0.25) is 0 Å². The summed E-state index contributed by atoms with van der Waals surface area (Å²) in [6, 6.07) is 11.2. The van der Waals surface area contributed by atoms with Crippen molar-refractivity contribution < 1.29 is 9.13 Å². The molecule has 96 valence electrons. The molecule has 0 aliphatic rings. The van der Waals surface area contributed by atoms with E-state index in [0.29, 0.717) is 22.6 Å². The van der Waals surface area contributed by atoms with Gasteiger partial charge in [0.1, 0.15) is 18.2 Å². The minimum atomic E-state index is -0.402. The second kappa shape index (κ2) is 5.72. The standard InChI is InChI=1S/C14H10BrFN2O/c15-11-2-4-14(13(18)6-11)19-8-10-5-12(16)3-1-9(10)7-17/h1-6H,8,18H2. The molecule has 19 heavy (non-hydrogen) atoms. The van der Waals surface area contributed by atoms with Crippen LogP contribution in [0.3, 0.4) is 0 Å². The summed E-state index contributed by atoms with van der Waals surface area (Å²) in [6.45, 7) is 0.0898. The molecule has 2 aromatic rings. The lowest BCUT2D eigenvalue weighted by Gasteiger charge is -2.10. The topological polar surface area (TPSA) is 59.0 Å². The van der Waals surface area contributed by atoms with Crippen LogP contribution in [0.1, 0.15) is 11.1 Å². The van der Waals surface area contributed by atoms with E-state index in [2.05, 4.69) is 15.9 Å². The van der Waals surface area contributed by atoms with Crippen LogP contribution in [0.4, 0.5) is 10.1 Å². The molecular formula is C14H10BrFN2O. The Balaban J connectivity index is 2.19. The van der Waals surface area contributed by atoms with Crippen molar-refractivity contribution in [2.45, 2.75) is 6.61 Å². The molecule has 5 heteroatoms. The van der Waals surface area contributed by atoms with Crippen LogP contribution in [-0.4, -0.2) is 0 Å². The van der Waals surface area contributed by atoms with Gasteiger partial charge in [-0.1, -0.05) is 15.9 Å². The van der Waals surface area contributed by atoms with E-state index in [-0.39, 0.29) is 6.61 Å². The average Bonchev–Trinajstić information content (AvgIpc) is 2.38. The van der Waals surface area contributed by atoms with Crippen LogP contribution >= 0.6 is 15.9 Å². The second-order valence-electron chi connectivity index (χ2n) is 3.88. The highest BCUT2D eigenvalue weighted by Crippen LogP contribution is 2.26. The minimum Gasteiger partial charge on any atom is -0.487 e. The number of nitrogens with two attached hydrogens (primary N) is 1. The van der Waals surface area contributed by atoms with Gasteiger partial charge in [-0.3, -0.25) is 0 Å². The lowest BCUT2D eigenvalue weighted by atomic mass is 10.1. The van der Waals surface area contributed by atoms with Crippen LogP contribution < -0.4 is 10.5 Å². The molecule has 2 N–H and O–H groups in total. The highest BCUT2D eigenvalue weighted by Gasteiger charge is 2.06. The molecule has 0 amide bonds. The maximum absolute atomic E-state index is 13.1. The Labute approximate surface area is 118 Å². The number of anilines is 1. The van der Waals surface area contributed by atoms with Crippen molar-refractivity contribution in [2.24, 2.45) is 0 Å². The molecule has 0 saturated carbocycles. The number of hydrogen-bond acceptors (Lipinski definition) is 3. The van der Waals surface area contributed by atoms with E-state index in [4.69, 9.17) is 15.7 Å². The molecule has 0 saturated heterocycles. The van der Waals surface area contributed by atoms with E-state index < -0.39 is 5.82 Å². The number of benzene rings is 2. The van der Waals surface area contributed by atoms with Gasteiger partial charge in [-0.15, -0.1) is 0 Å². The molecule has 2 rings (SSSR count).